The highest BCUT2D eigenvalue weighted by atomic mass is 16.8. The molecule has 0 amide bonds. The van der Waals surface area contributed by atoms with Gasteiger partial charge in [0.2, 0.25) is 6.29 Å². The van der Waals surface area contributed by atoms with Gasteiger partial charge >= 0.3 is 11.9 Å². The van der Waals surface area contributed by atoms with Crippen LogP contribution in [0.2, 0.25) is 0 Å². The minimum Gasteiger partial charge on any atom is -0.468 e. The second kappa shape index (κ2) is 11.6. The van der Waals surface area contributed by atoms with Crippen LogP contribution in [0.3, 0.4) is 0 Å². The lowest BCUT2D eigenvalue weighted by atomic mass is 9.78. The smallest absolute Gasteiger partial charge is 0.337 e. The average Bonchev–Trinajstić information content (AvgIpc) is 3.19. The second-order valence-corrected chi connectivity index (χ2v) is 10.7. The summed E-state index contributed by atoms with van der Waals surface area (Å²) in [5.41, 5.74) is -0.724. The maximum atomic E-state index is 13.1. The number of rotatable bonds is 3. The summed E-state index contributed by atoms with van der Waals surface area (Å²) in [6.45, 7) is 4.82. The maximum Gasteiger partial charge on any atom is 0.337 e. The third-order valence-electron chi connectivity index (χ3n) is 8.49. The van der Waals surface area contributed by atoms with Gasteiger partial charge in [0.05, 0.1) is 43.7 Å². The molecule has 3 heterocycles. The van der Waals surface area contributed by atoms with Crippen molar-refractivity contribution in [3.8, 4) is 0 Å². The van der Waals surface area contributed by atoms with E-state index in [-0.39, 0.29) is 37.0 Å². The third-order valence-corrected chi connectivity index (χ3v) is 8.49. The SMILES string of the molecule is CC=C1C(O[C@H]2O[C@@H](CO)[C@H](O)[C@@H](O)[C@@H]2O)OC=C2C(=O)OCC(C)C3(O)CCC(C)C3COC(=O)CC21. The normalized spacial score (nSPS) is 45.5. The number of allylic oxidation sites excluding steroid dienone is 1. The highest BCUT2D eigenvalue weighted by Crippen LogP contribution is 2.45. The van der Waals surface area contributed by atoms with Crippen molar-refractivity contribution in [2.45, 2.75) is 82.6 Å². The summed E-state index contributed by atoms with van der Waals surface area (Å²) in [4.78, 5) is 26.1. The number of aliphatic hydroxyl groups excluding tert-OH is 4. The summed E-state index contributed by atoms with van der Waals surface area (Å²) in [6.07, 6.45) is -5.04. The van der Waals surface area contributed by atoms with Crippen LogP contribution >= 0.6 is 0 Å². The Morgan fingerprint density at radius 3 is 2.53 bits per heavy atom. The van der Waals surface area contributed by atoms with E-state index in [9.17, 15) is 35.1 Å². The van der Waals surface area contributed by atoms with Gasteiger partial charge in [-0.15, -0.1) is 0 Å². The molecule has 2 saturated heterocycles. The summed E-state index contributed by atoms with van der Waals surface area (Å²) < 4.78 is 28.0. The predicted octanol–water partition coefficient (Wildman–Crippen LogP) is -0.491. The second-order valence-electron chi connectivity index (χ2n) is 10.7. The lowest BCUT2D eigenvalue weighted by Crippen LogP contribution is -2.60. The number of esters is 2. The van der Waals surface area contributed by atoms with E-state index in [0.717, 1.165) is 12.7 Å². The standard InChI is InChI=1S/C26H38O12/c1-4-14-15-7-19(28)34-11-17-12(2)5-6-26(17,33)13(3)9-35-23(32)16(15)10-36-24(14)38-25-22(31)21(30)20(29)18(8-27)37-25/h4,10,12-13,15,17-18,20-22,24-25,27,29-31,33H,5-9,11H2,1-3H3/t12?,13?,15?,17?,18-,20-,21+,22-,24?,25+,26?/m0/s1. The van der Waals surface area contributed by atoms with Crippen LogP contribution in [0, 0.1) is 23.7 Å². The van der Waals surface area contributed by atoms with Crippen molar-refractivity contribution < 1.29 is 58.8 Å². The number of aliphatic hydroxyl groups is 5. The Morgan fingerprint density at radius 2 is 1.84 bits per heavy atom. The minimum atomic E-state index is -1.67. The van der Waals surface area contributed by atoms with Crippen LogP contribution in [-0.2, 0) is 33.3 Å². The number of cyclic esters (lactones) is 2. The first-order chi connectivity index (χ1) is 18.0. The number of hydrogen-bond acceptors (Lipinski definition) is 12. The van der Waals surface area contributed by atoms with Crippen molar-refractivity contribution in [1.82, 2.24) is 0 Å². The summed E-state index contributed by atoms with van der Waals surface area (Å²) in [5, 5.41) is 51.3. The molecule has 5 N–H and O–H groups in total. The van der Waals surface area contributed by atoms with Crippen LogP contribution in [0.1, 0.15) is 40.0 Å². The number of carbonyl (C=O) groups is 2. The minimum absolute atomic E-state index is 0.0347. The molecule has 0 aromatic heterocycles. The van der Waals surface area contributed by atoms with Gasteiger partial charge in [-0.05, 0) is 25.7 Å². The zero-order valence-corrected chi connectivity index (χ0v) is 21.8. The molecule has 6 unspecified atom stereocenters. The summed E-state index contributed by atoms with van der Waals surface area (Å²) in [5.74, 6) is -2.73. The first kappa shape index (κ1) is 28.9. The van der Waals surface area contributed by atoms with Crippen LogP contribution in [0.4, 0.5) is 0 Å². The fraction of sp³-hybridized carbons (Fsp3) is 0.769. The van der Waals surface area contributed by atoms with Gasteiger partial charge in [-0.3, -0.25) is 4.79 Å². The Bertz CT molecular complexity index is 947. The van der Waals surface area contributed by atoms with E-state index in [0.29, 0.717) is 12.0 Å². The van der Waals surface area contributed by atoms with Gasteiger partial charge in [-0.25, -0.2) is 4.79 Å². The van der Waals surface area contributed by atoms with Crippen LogP contribution in [0.5, 0.6) is 0 Å². The summed E-state index contributed by atoms with van der Waals surface area (Å²) in [6, 6.07) is 0. The Labute approximate surface area is 220 Å². The van der Waals surface area contributed by atoms with Crippen molar-refractivity contribution in [1.29, 1.82) is 0 Å². The Kier molecular flexibility index (Phi) is 8.82. The molecule has 0 aromatic rings. The monoisotopic (exact) mass is 542 g/mol. The van der Waals surface area contributed by atoms with E-state index >= 15 is 0 Å². The van der Waals surface area contributed by atoms with Gasteiger partial charge in [0.1, 0.15) is 24.4 Å². The van der Waals surface area contributed by atoms with Gasteiger partial charge in [0.25, 0.3) is 0 Å². The predicted molar refractivity (Wildman–Crippen MR) is 128 cm³/mol. The fourth-order valence-corrected chi connectivity index (χ4v) is 5.90. The lowest BCUT2D eigenvalue weighted by molar-refractivity contribution is -0.327. The number of hydrogen-bond donors (Lipinski definition) is 5. The molecular formula is C26H38O12. The zero-order valence-electron chi connectivity index (χ0n) is 21.8. The summed E-state index contributed by atoms with van der Waals surface area (Å²) in [7, 11) is 0. The molecule has 4 rings (SSSR count). The molecule has 12 heteroatoms. The van der Waals surface area contributed by atoms with Crippen LogP contribution in [0.15, 0.2) is 23.5 Å². The van der Waals surface area contributed by atoms with Crippen molar-refractivity contribution in [2.75, 3.05) is 19.8 Å². The van der Waals surface area contributed by atoms with Crippen LogP contribution in [-0.4, -0.2) is 99.9 Å². The largest absolute Gasteiger partial charge is 0.468 e. The molecule has 0 aromatic carbocycles. The molecule has 12 nitrogen and oxygen atoms in total. The van der Waals surface area contributed by atoms with Crippen LogP contribution in [0.25, 0.3) is 0 Å². The van der Waals surface area contributed by atoms with Gasteiger partial charge in [-0.2, -0.15) is 0 Å². The average molecular weight is 543 g/mol. The van der Waals surface area contributed by atoms with E-state index in [4.69, 9.17) is 23.7 Å². The highest BCUT2D eigenvalue weighted by Gasteiger charge is 2.51. The highest BCUT2D eigenvalue weighted by molar-refractivity contribution is 5.91. The van der Waals surface area contributed by atoms with Crippen molar-refractivity contribution >= 4 is 11.9 Å². The van der Waals surface area contributed by atoms with E-state index < -0.39 is 73.0 Å². The van der Waals surface area contributed by atoms with Crippen molar-refractivity contribution in [3.63, 3.8) is 0 Å². The molecule has 0 spiro atoms. The number of ether oxygens (including phenoxy) is 5. The van der Waals surface area contributed by atoms with Crippen molar-refractivity contribution in [3.05, 3.63) is 23.5 Å². The number of fused-ring (bicyclic) bond motifs is 2. The molecule has 214 valence electrons. The van der Waals surface area contributed by atoms with E-state index in [1.807, 2.05) is 6.92 Å². The van der Waals surface area contributed by atoms with Crippen LogP contribution < -0.4 is 0 Å². The van der Waals surface area contributed by atoms with Gasteiger partial charge in [0, 0.05) is 23.3 Å². The molecule has 1 saturated carbocycles. The summed E-state index contributed by atoms with van der Waals surface area (Å²) >= 11 is 0. The first-order valence-corrected chi connectivity index (χ1v) is 13.0. The zero-order chi connectivity index (χ0) is 27.8. The number of carbonyl (C=O) groups excluding carboxylic acids is 2. The molecule has 4 aliphatic rings. The van der Waals surface area contributed by atoms with Gasteiger partial charge < -0.3 is 49.2 Å². The molecule has 3 fully saturated rings. The maximum absolute atomic E-state index is 13.1. The Balaban J connectivity index is 1.57. The van der Waals surface area contributed by atoms with E-state index in [1.54, 1.807) is 19.9 Å². The Hall–Kier alpha value is -2.06. The molecule has 0 bridgehead atoms. The van der Waals surface area contributed by atoms with E-state index in [1.165, 1.54) is 0 Å². The lowest BCUT2D eigenvalue weighted by Gasteiger charge is -2.42. The molecule has 3 aliphatic heterocycles. The fourth-order valence-electron chi connectivity index (χ4n) is 5.90. The third kappa shape index (κ3) is 5.35. The Morgan fingerprint density at radius 1 is 1.11 bits per heavy atom. The molecule has 0 radical (unpaired) electrons. The quantitative estimate of drug-likeness (QED) is 0.228. The molecule has 1 aliphatic carbocycles. The molecule has 38 heavy (non-hydrogen) atoms. The molecule has 11 atom stereocenters. The van der Waals surface area contributed by atoms with E-state index in [2.05, 4.69) is 0 Å². The molecular weight excluding hydrogens is 504 g/mol. The van der Waals surface area contributed by atoms with Gasteiger partial charge in [0.15, 0.2) is 6.29 Å². The first-order valence-electron chi connectivity index (χ1n) is 13.0. The van der Waals surface area contributed by atoms with Gasteiger partial charge in [-0.1, -0.05) is 19.9 Å². The topological polar surface area (TPSA) is 181 Å². The van der Waals surface area contributed by atoms with Crippen molar-refractivity contribution in [2.24, 2.45) is 23.7 Å².